The molecule has 0 bridgehead atoms. The standard InChI is InChI=1S/C15H23NO2/c1-4-9-15(11-16,14(17)18-5-2)13-8-6-7-12(3)10-13/h6-8,10H,4-5,9,11,16H2,1-3H3. The topological polar surface area (TPSA) is 52.3 Å². The van der Waals surface area contributed by atoms with Crippen molar-refractivity contribution in [3.8, 4) is 0 Å². The summed E-state index contributed by atoms with van der Waals surface area (Å²) in [6.45, 7) is 6.56. The van der Waals surface area contributed by atoms with E-state index >= 15 is 0 Å². The molecule has 0 amide bonds. The van der Waals surface area contributed by atoms with Crippen molar-refractivity contribution in [2.75, 3.05) is 13.2 Å². The zero-order valence-corrected chi connectivity index (χ0v) is 11.5. The Hall–Kier alpha value is -1.35. The summed E-state index contributed by atoms with van der Waals surface area (Å²) in [5, 5.41) is 0. The van der Waals surface area contributed by atoms with Gasteiger partial charge in [-0.25, -0.2) is 0 Å². The van der Waals surface area contributed by atoms with Crippen LogP contribution in [0.2, 0.25) is 0 Å². The first-order valence-electron chi connectivity index (χ1n) is 6.55. The van der Waals surface area contributed by atoms with Crippen LogP contribution in [-0.2, 0) is 14.9 Å². The highest BCUT2D eigenvalue weighted by atomic mass is 16.5. The maximum Gasteiger partial charge on any atom is 0.317 e. The van der Waals surface area contributed by atoms with Gasteiger partial charge in [0.2, 0.25) is 0 Å². The quantitative estimate of drug-likeness (QED) is 0.788. The number of aryl methyl sites for hydroxylation is 1. The van der Waals surface area contributed by atoms with Crippen LogP contribution in [0.4, 0.5) is 0 Å². The van der Waals surface area contributed by atoms with Gasteiger partial charge in [0, 0.05) is 6.54 Å². The van der Waals surface area contributed by atoms with Crippen LogP contribution in [0, 0.1) is 6.92 Å². The van der Waals surface area contributed by atoms with E-state index in [2.05, 4.69) is 6.92 Å². The van der Waals surface area contributed by atoms with Gasteiger partial charge in [0.15, 0.2) is 0 Å². The van der Waals surface area contributed by atoms with E-state index in [0.29, 0.717) is 13.0 Å². The second-order valence-electron chi connectivity index (χ2n) is 4.63. The number of hydrogen-bond donors (Lipinski definition) is 1. The summed E-state index contributed by atoms with van der Waals surface area (Å²) in [6, 6.07) is 7.97. The van der Waals surface area contributed by atoms with Crippen LogP contribution in [0.5, 0.6) is 0 Å². The number of carbonyl (C=O) groups excluding carboxylic acids is 1. The number of carbonyl (C=O) groups is 1. The van der Waals surface area contributed by atoms with Gasteiger partial charge in [-0.2, -0.15) is 0 Å². The van der Waals surface area contributed by atoms with Crippen molar-refractivity contribution in [1.82, 2.24) is 0 Å². The van der Waals surface area contributed by atoms with Crippen molar-refractivity contribution in [1.29, 1.82) is 0 Å². The lowest BCUT2D eigenvalue weighted by molar-refractivity contribution is -0.150. The van der Waals surface area contributed by atoms with Crippen molar-refractivity contribution in [3.63, 3.8) is 0 Å². The van der Waals surface area contributed by atoms with Crippen LogP contribution < -0.4 is 5.73 Å². The van der Waals surface area contributed by atoms with E-state index in [-0.39, 0.29) is 12.5 Å². The van der Waals surface area contributed by atoms with E-state index in [4.69, 9.17) is 10.5 Å². The fourth-order valence-electron chi connectivity index (χ4n) is 2.31. The Kier molecular flexibility index (Phi) is 5.35. The Labute approximate surface area is 109 Å². The summed E-state index contributed by atoms with van der Waals surface area (Å²) < 4.78 is 5.23. The highest BCUT2D eigenvalue weighted by Crippen LogP contribution is 2.30. The van der Waals surface area contributed by atoms with E-state index < -0.39 is 5.41 Å². The number of ether oxygens (including phenoxy) is 1. The van der Waals surface area contributed by atoms with E-state index in [1.54, 1.807) is 0 Å². The number of rotatable bonds is 6. The number of esters is 1. The first kappa shape index (κ1) is 14.7. The van der Waals surface area contributed by atoms with Crippen LogP contribution in [0.25, 0.3) is 0 Å². The van der Waals surface area contributed by atoms with Crippen LogP contribution in [0.3, 0.4) is 0 Å². The molecular weight excluding hydrogens is 226 g/mol. The lowest BCUT2D eigenvalue weighted by Crippen LogP contribution is -2.44. The molecule has 1 rings (SSSR count). The van der Waals surface area contributed by atoms with E-state index in [0.717, 1.165) is 17.5 Å². The van der Waals surface area contributed by atoms with Crippen molar-refractivity contribution in [2.24, 2.45) is 5.73 Å². The van der Waals surface area contributed by atoms with Gasteiger partial charge in [0.05, 0.1) is 6.61 Å². The summed E-state index contributed by atoms with van der Waals surface area (Å²) in [5.41, 5.74) is 7.30. The predicted molar refractivity (Wildman–Crippen MR) is 73.5 cm³/mol. The zero-order chi connectivity index (χ0) is 13.6. The van der Waals surface area contributed by atoms with Gasteiger partial charge in [-0.3, -0.25) is 4.79 Å². The third-order valence-corrected chi connectivity index (χ3v) is 3.26. The van der Waals surface area contributed by atoms with E-state index in [9.17, 15) is 4.79 Å². The van der Waals surface area contributed by atoms with E-state index in [1.807, 2.05) is 38.1 Å². The molecule has 0 saturated heterocycles. The molecule has 0 aliphatic heterocycles. The van der Waals surface area contributed by atoms with Gasteiger partial charge >= 0.3 is 5.97 Å². The lowest BCUT2D eigenvalue weighted by Gasteiger charge is -2.30. The van der Waals surface area contributed by atoms with Crippen LogP contribution in [0.1, 0.15) is 37.8 Å². The summed E-state index contributed by atoms with van der Waals surface area (Å²) in [7, 11) is 0. The zero-order valence-electron chi connectivity index (χ0n) is 11.5. The maximum absolute atomic E-state index is 12.3. The predicted octanol–water partition coefficient (Wildman–Crippen LogP) is 2.55. The minimum atomic E-state index is -0.698. The second-order valence-corrected chi connectivity index (χ2v) is 4.63. The first-order chi connectivity index (χ1) is 8.60. The molecule has 1 atom stereocenters. The minimum Gasteiger partial charge on any atom is -0.465 e. The average molecular weight is 249 g/mol. The summed E-state index contributed by atoms with van der Waals surface area (Å²) >= 11 is 0. The van der Waals surface area contributed by atoms with Gasteiger partial charge in [0.25, 0.3) is 0 Å². The molecule has 0 heterocycles. The number of benzene rings is 1. The highest BCUT2D eigenvalue weighted by Gasteiger charge is 2.39. The van der Waals surface area contributed by atoms with Crippen molar-refractivity contribution < 1.29 is 9.53 Å². The molecule has 3 heteroatoms. The average Bonchev–Trinajstić information content (AvgIpc) is 2.36. The summed E-state index contributed by atoms with van der Waals surface area (Å²) in [5.74, 6) is -0.208. The second kappa shape index (κ2) is 6.55. The summed E-state index contributed by atoms with van der Waals surface area (Å²) in [6.07, 6.45) is 1.61. The Morgan fingerprint density at radius 2 is 2.11 bits per heavy atom. The summed E-state index contributed by atoms with van der Waals surface area (Å²) in [4.78, 5) is 12.3. The maximum atomic E-state index is 12.3. The smallest absolute Gasteiger partial charge is 0.317 e. The Bertz CT molecular complexity index is 403. The van der Waals surface area contributed by atoms with Gasteiger partial charge < -0.3 is 10.5 Å². The monoisotopic (exact) mass is 249 g/mol. The largest absolute Gasteiger partial charge is 0.465 e. The fraction of sp³-hybridized carbons (Fsp3) is 0.533. The molecule has 1 unspecified atom stereocenters. The lowest BCUT2D eigenvalue weighted by atomic mass is 9.76. The SMILES string of the molecule is CCCC(CN)(C(=O)OCC)c1cccc(C)c1. The van der Waals surface area contributed by atoms with Gasteiger partial charge in [-0.15, -0.1) is 0 Å². The molecule has 100 valence electrons. The van der Waals surface area contributed by atoms with Crippen LogP contribution in [0.15, 0.2) is 24.3 Å². The third-order valence-electron chi connectivity index (χ3n) is 3.26. The molecule has 18 heavy (non-hydrogen) atoms. The molecule has 0 saturated carbocycles. The highest BCUT2D eigenvalue weighted by molar-refractivity contribution is 5.83. The minimum absolute atomic E-state index is 0.208. The van der Waals surface area contributed by atoms with Crippen LogP contribution >= 0.6 is 0 Å². The molecular formula is C15H23NO2. The molecule has 0 aromatic heterocycles. The Morgan fingerprint density at radius 3 is 2.61 bits per heavy atom. The molecule has 3 nitrogen and oxygen atoms in total. The van der Waals surface area contributed by atoms with Gasteiger partial charge in [0.1, 0.15) is 5.41 Å². The molecule has 0 aliphatic rings. The Morgan fingerprint density at radius 1 is 1.39 bits per heavy atom. The first-order valence-corrected chi connectivity index (χ1v) is 6.55. The number of nitrogens with two attached hydrogens (primary N) is 1. The number of hydrogen-bond acceptors (Lipinski definition) is 3. The van der Waals surface area contributed by atoms with E-state index in [1.165, 1.54) is 0 Å². The van der Waals surface area contributed by atoms with Crippen molar-refractivity contribution in [2.45, 2.75) is 39.0 Å². The molecule has 1 aromatic carbocycles. The van der Waals surface area contributed by atoms with Gasteiger partial charge in [-0.1, -0.05) is 43.2 Å². The molecule has 2 N–H and O–H groups in total. The van der Waals surface area contributed by atoms with Crippen molar-refractivity contribution in [3.05, 3.63) is 35.4 Å². The van der Waals surface area contributed by atoms with Gasteiger partial charge in [-0.05, 0) is 25.8 Å². The molecule has 0 radical (unpaired) electrons. The molecule has 0 aliphatic carbocycles. The molecule has 0 fully saturated rings. The molecule has 0 spiro atoms. The van der Waals surface area contributed by atoms with Crippen molar-refractivity contribution >= 4 is 5.97 Å². The molecule has 1 aromatic rings. The fourth-order valence-corrected chi connectivity index (χ4v) is 2.31. The normalized spacial score (nSPS) is 14.0. The van der Waals surface area contributed by atoms with Crippen LogP contribution in [-0.4, -0.2) is 19.1 Å². The Balaban J connectivity index is 3.21. The third kappa shape index (κ3) is 2.91.